The minimum absolute atomic E-state index is 0.515. The van der Waals surface area contributed by atoms with Crippen molar-refractivity contribution in [1.82, 2.24) is 0 Å². The van der Waals surface area contributed by atoms with Crippen LogP contribution in [0.5, 0.6) is 11.5 Å². The van der Waals surface area contributed by atoms with Crippen molar-refractivity contribution in [2.24, 2.45) is 0 Å². The van der Waals surface area contributed by atoms with Gasteiger partial charge in [0.2, 0.25) is 0 Å². The van der Waals surface area contributed by atoms with Gasteiger partial charge in [-0.15, -0.1) is 0 Å². The van der Waals surface area contributed by atoms with Crippen molar-refractivity contribution in [3.8, 4) is 56.0 Å². The molecule has 332 valence electrons. The average Bonchev–Trinajstić information content (AvgIpc) is 3.91. The van der Waals surface area contributed by atoms with Crippen molar-refractivity contribution in [1.29, 1.82) is 0 Å². The van der Waals surface area contributed by atoms with Gasteiger partial charge in [0.1, 0.15) is 11.5 Å². The zero-order chi connectivity index (χ0) is 46.7. The van der Waals surface area contributed by atoms with E-state index in [-0.39, 0.29) is 0 Å². The minimum atomic E-state index is -0.616. The Morgan fingerprint density at radius 1 is 0.296 bits per heavy atom. The first kappa shape index (κ1) is 40.3. The summed E-state index contributed by atoms with van der Waals surface area (Å²) >= 11 is 1.88. The second-order valence-electron chi connectivity index (χ2n) is 19.0. The van der Waals surface area contributed by atoms with Gasteiger partial charge < -0.3 is 9.64 Å². The minimum Gasteiger partial charge on any atom is -0.457 e. The molecular formula is C68H43NOS. The van der Waals surface area contributed by atoms with Crippen LogP contribution in [0.2, 0.25) is 0 Å². The van der Waals surface area contributed by atoms with Crippen molar-refractivity contribution < 1.29 is 4.74 Å². The number of fused-ring (bicyclic) bond motifs is 18. The third kappa shape index (κ3) is 5.61. The van der Waals surface area contributed by atoms with Gasteiger partial charge in [0.05, 0.1) is 16.5 Å². The van der Waals surface area contributed by atoms with Crippen LogP contribution in [-0.4, -0.2) is 0 Å². The van der Waals surface area contributed by atoms with Crippen LogP contribution in [-0.2, 0) is 10.8 Å². The number of hydrogen-bond acceptors (Lipinski definition) is 3. The van der Waals surface area contributed by atoms with Crippen LogP contribution in [0, 0.1) is 0 Å². The van der Waals surface area contributed by atoms with Crippen LogP contribution >= 0.6 is 11.8 Å². The van der Waals surface area contributed by atoms with Crippen molar-refractivity contribution in [3.05, 3.63) is 305 Å². The van der Waals surface area contributed by atoms with Crippen molar-refractivity contribution in [3.63, 3.8) is 0 Å². The van der Waals surface area contributed by atoms with E-state index in [4.69, 9.17) is 4.74 Å². The summed E-state index contributed by atoms with van der Waals surface area (Å²) in [6, 6.07) is 96.6. The lowest BCUT2D eigenvalue weighted by Gasteiger charge is -2.40. The molecule has 2 aliphatic carbocycles. The van der Waals surface area contributed by atoms with Gasteiger partial charge in [0.25, 0.3) is 0 Å². The van der Waals surface area contributed by atoms with Gasteiger partial charge in [0.15, 0.2) is 0 Å². The first-order valence-electron chi connectivity index (χ1n) is 24.5. The molecule has 71 heavy (non-hydrogen) atoms. The highest BCUT2D eigenvalue weighted by Gasteiger charge is 2.53. The Hall–Kier alpha value is -8.63. The molecule has 0 fully saturated rings. The molecule has 0 unspecified atom stereocenters. The van der Waals surface area contributed by atoms with Crippen LogP contribution in [0.15, 0.2) is 271 Å². The maximum atomic E-state index is 6.77. The average molecular weight is 922 g/mol. The van der Waals surface area contributed by atoms with Gasteiger partial charge in [-0.1, -0.05) is 212 Å². The van der Waals surface area contributed by atoms with E-state index >= 15 is 0 Å². The zero-order valence-corrected chi connectivity index (χ0v) is 39.4. The summed E-state index contributed by atoms with van der Waals surface area (Å²) in [5.41, 5.74) is 22.0. The number of rotatable bonds is 5. The Morgan fingerprint density at radius 3 is 1.44 bits per heavy atom. The summed E-state index contributed by atoms with van der Waals surface area (Å²) in [5, 5.41) is 0. The molecule has 2 heterocycles. The second kappa shape index (κ2) is 15.4. The molecule has 11 aromatic rings. The van der Waals surface area contributed by atoms with E-state index in [1.165, 1.54) is 87.7 Å². The Morgan fingerprint density at radius 2 is 0.761 bits per heavy atom. The van der Waals surface area contributed by atoms with E-state index < -0.39 is 10.8 Å². The predicted molar refractivity (Wildman–Crippen MR) is 291 cm³/mol. The summed E-state index contributed by atoms with van der Waals surface area (Å²) < 4.78 is 6.77. The molecule has 0 aromatic heterocycles. The predicted octanol–water partition coefficient (Wildman–Crippen LogP) is 17.8. The molecule has 0 atom stereocenters. The van der Waals surface area contributed by atoms with Crippen LogP contribution < -0.4 is 9.64 Å². The highest BCUT2D eigenvalue weighted by molar-refractivity contribution is 7.99. The van der Waals surface area contributed by atoms with E-state index in [1.54, 1.807) is 0 Å². The van der Waals surface area contributed by atoms with Crippen LogP contribution in [0.25, 0.3) is 44.5 Å². The van der Waals surface area contributed by atoms with Crippen molar-refractivity contribution >= 4 is 28.8 Å². The molecule has 3 heteroatoms. The standard InChI is InChI=1S/C68H43NOS/c1-2-18-44(19-3-1)46-20-16-21-47(42-46)45-36-38-48(39-37-45)69(49-40-41-51-50-22-4-6-24-53(50)67(60(51)43-49)55-26-8-12-32-62(55)70-63-33-13-9-27-56(63)67)61-31-17-30-59-66(61)52-23-5-7-25-54(52)68(59)57-28-10-14-34-64(57)71-65-35-15-11-29-58(65)68/h1-43H. The lowest BCUT2D eigenvalue weighted by Crippen LogP contribution is -2.32. The molecule has 0 bridgehead atoms. The van der Waals surface area contributed by atoms with Crippen molar-refractivity contribution in [2.45, 2.75) is 20.6 Å². The van der Waals surface area contributed by atoms with E-state index in [0.29, 0.717) is 0 Å². The first-order chi connectivity index (χ1) is 35.2. The molecular weight excluding hydrogens is 879 g/mol. The van der Waals surface area contributed by atoms with Gasteiger partial charge >= 0.3 is 0 Å². The molecule has 2 nitrogen and oxygen atoms in total. The molecule has 0 radical (unpaired) electrons. The Balaban J connectivity index is 0.996. The largest absolute Gasteiger partial charge is 0.457 e. The van der Waals surface area contributed by atoms with Crippen LogP contribution in [0.4, 0.5) is 17.1 Å². The molecule has 2 aliphatic heterocycles. The van der Waals surface area contributed by atoms with E-state index in [2.05, 4.69) is 266 Å². The fourth-order valence-electron chi connectivity index (χ4n) is 12.8. The molecule has 4 aliphatic rings. The molecule has 0 N–H and O–H groups in total. The number of anilines is 3. The molecule has 0 saturated carbocycles. The van der Waals surface area contributed by atoms with Gasteiger partial charge in [-0.25, -0.2) is 0 Å². The molecule has 0 saturated heterocycles. The normalized spacial score (nSPS) is 14.2. The van der Waals surface area contributed by atoms with E-state index in [0.717, 1.165) is 39.7 Å². The molecule has 15 rings (SSSR count). The summed E-state index contributed by atoms with van der Waals surface area (Å²) in [4.78, 5) is 5.12. The third-order valence-corrected chi connectivity index (χ3v) is 16.8. The number of benzene rings is 11. The second-order valence-corrected chi connectivity index (χ2v) is 20.1. The highest BCUT2D eigenvalue weighted by atomic mass is 32.2. The van der Waals surface area contributed by atoms with Crippen LogP contribution in [0.3, 0.4) is 0 Å². The first-order valence-corrected chi connectivity index (χ1v) is 25.3. The summed E-state index contributed by atoms with van der Waals surface area (Å²) in [6.45, 7) is 0. The Bertz CT molecular complexity index is 3870. The number of nitrogens with zero attached hydrogens (tertiary/aromatic N) is 1. The van der Waals surface area contributed by atoms with E-state index in [9.17, 15) is 0 Å². The van der Waals surface area contributed by atoms with E-state index in [1.807, 2.05) is 11.8 Å². The number of hydrogen-bond donors (Lipinski definition) is 0. The topological polar surface area (TPSA) is 12.5 Å². The highest BCUT2D eigenvalue weighted by Crippen LogP contribution is 2.66. The van der Waals surface area contributed by atoms with Crippen LogP contribution in [0.1, 0.15) is 44.5 Å². The monoisotopic (exact) mass is 921 g/mol. The number of para-hydroxylation sites is 2. The molecule has 0 amide bonds. The summed E-state index contributed by atoms with van der Waals surface area (Å²) in [7, 11) is 0. The van der Waals surface area contributed by atoms with Gasteiger partial charge in [-0.3, -0.25) is 0 Å². The Kier molecular flexibility index (Phi) is 8.76. The fraction of sp³-hybridized carbons (Fsp3) is 0.0294. The summed E-state index contributed by atoms with van der Waals surface area (Å²) in [5.74, 6) is 1.77. The quantitative estimate of drug-likeness (QED) is 0.171. The van der Waals surface area contributed by atoms with Gasteiger partial charge in [-0.05, 0) is 133 Å². The maximum absolute atomic E-state index is 6.77. The molecule has 11 aromatic carbocycles. The SMILES string of the molecule is c1ccc(-c2cccc(-c3ccc(N(c4ccc5c(c4)C4(c6ccccc6Oc6ccccc64)c4ccccc4-5)c4cccc5c4-c4ccccc4C54c5ccccc5Sc5ccccc54)cc3)c2)cc1. The zero-order valence-electron chi connectivity index (χ0n) is 38.6. The smallest absolute Gasteiger partial charge is 0.132 e. The van der Waals surface area contributed by atoms with Crippen molar-refractivity contribution in [2.75, 3.05) is 4.90 Å². The van der Waals surface area contributed by atoms with Gasteiger partial charge in [-0.2, -0.15) is 0 Å². The fourth-order valence-corrected chi connectivity index (χ4v) is 14.0. The third-order valence-electron chi connectivity index (χ3n) is 15.6. The maximum Gasteiger partial charge on any atom is 0.132 e. The lowest BCUT2D eigenvalue weighted by atomic mass is 9.66. The number of ether oxygens (including phenoxy) is 1. The summed E-state index contributed by atoms with van der Waals surface area (Å²) in [6.07, 6.45) is 0. The Labute approximate surface area is 418 Å². The van der Waals surface area contributed by atoms with Gasteiger partial charge in [0, 0.05) is 37.9 Å². The lowest BCUT2D eigenvalue weighted by molar-refractivity contribution is 0.436. The molecule has 2 spiro atoms.